The van der Waals surface area contributed by atoms with Gasteiger partial charge in [-0.1, -0.05) is 0 Å². The Morgan fingerprint density at radius 3 is 2.52 bits per heavy atom. The third kappa shape index (κ3) is 9.85. The molecule has 1 atom stereocenters. The predicted octanol–water partition coefficient (Wildman–Crippen LogP) is 1.67. The summed E-state index contributed by atoms with van der Waals surface area (Å²) in [6.07, 6.45) is 0.697. The lowest BCUT2D eigenvalue weighted by Crippen LogP contribution is -2.44. The summed E-state index contributed by atoms with van der Waals surface area (Å²) in [6, 6.07) is 0. The Bertz CT molecular complexity index is 379. The number of nitrogens with zero attached hydrogens (tertiary/aromatic N) is 2. The van der Waals surface area contributed by atoms with E-state index in [0.29, 0.717) is 19.0 Å². The molecule has 1 unspecified atom stereocenters. The van der Waals surface area contributed by atoms with Gasteiger partial charge in [0.2, 0.25) is 0 Å². The fraction of sp³-hybridized carbons (Fsp3) is 0.867. The topological polar surface area (TPSA) is 75.2 Å². The molecule has 0 aromatic heterocycles. The number of carbonyl (C=O) groups is 1. The highest BCUT2D eigenvalue weighted by Gasteiger charge is 2.19. The van der Waals surface area contributed by atoms with Gasteiger partial charge in [0.15, 0.2) is 5.96 Å². The fourth-order valence-corrected chi connectivity index (χ4v) is 2.24. The molecule has 1 heterocycles. The molecule has 0 spiro atoms. The number of amides is 1. The van der Waals surface area contributed by atoms with Crippen LogP contribution in [0.15, 0.2) is 4.99 Å². The molecule has 1 saturated heterocycles. The summed E-state index contributed by atoms with van der Waals surface area (Å²) >= 11 is 0. The molecule has 0 aliphatic carbocycles. The van der Waals surface area contributed by atoms with Crippen LogP contribution in [0.5, 0.6) is 0 Å². The van der Waals surface area contributed by atoms with Gasteiger partial charge >= 0.3 is 6.09 Å². The monoisotopic (exact) mass is 442 g/mol. The number of carbonyl (C=O) groups excluding carboxylic acids is 1. The van der Waals surface area contributed by atoms with Crippen LogP contribution < -0.4 is 10.6 Å². The SMILES string of the molecule is CN=C(NCCNC(=O)OC(C)(C)C)N(C)CC1CCOC1.I. The van der Waals surface area contributed by atoms with Crippen LogP contribution in [-0.4, -0.2) is 69.5 Å². The highest BCUT2D eigenvalue weighted by atomic mass is 127. The van der Waals surface area contributed by atoms with Gasteiger partial charge in [-0.15, -0.1) is 24.0 Å². The van der Waals surface area contributed by atoms with E-state index in [-0.39, 0.29) is 24.0 Å². The normalized spacial score (nSPS) is 18.1. The summed E-state index contributed by atoms with van der Waals surface area (Å²) in [5.41, 5.74) is -0.475. The van der Waals surface area contributed by atoms with Gasteiger partial charge in [-0.05, 0) is 27.2 Å². The number of alkyl carbamates (subject to hydrolysis) is 1. The molecule has 0 saturated carbocycles. The molecule has 1 aliphatic heterocycles. The van der Waals surface area contributed by atoms with Crippen LogP contribution in [0, 0.1) is 5.92 Å². The number of halogens is 1. The van der Waals surface area contributed by atoms with Gasteiger partial charge in [0.25, 0.3) is 0 Å². The van der Waals surface area contributed by atoms with E-state index in [4.69, 9.17) is 9.47 Å². The molecule has 2 N–H and O–H groups in total. The highest BCUT2D eigenvalue weighted by molar-refractivity contribution is 14.0. The highest BCUT2D eigenvalue weighted by Crippen LogP contribution is 2.13. The molecule has 1 fully saturated rings. The summed E-state index contributed by atoms with van der Waals surface area (Å²) in [5.74, 6) is 1.38. The van der Waals surface area contributed by atoms with Crippen molar-refractivity contribution in [2.24, 2.45) is 10.9 Å². The van der Waals surface area contributed by atoms with E-state index < -0.39 is 11.7 Å². The fourth-order valence-electron chi connectivity index (χ4n) is 2.24. The van der Waals surface area contributed by atoms with E-state index in [0.717, 1.165) is 32.1 Å². The third-order valence-electron chi connectivity index (χ3n) is 3.21. The van der Waals surface area contributed by atoms with Crippen molar-refractivity contribution < 1.29 is 14.3 Å². The van der Waals surface area contributed by atoms with Crippen molar-refractivity contribution in [1.29, 1.82) is 0 Å². The minimum Gasteiger partial charge on any atom is -0.444 e. The Balaban J connectivity index is 0.00000484. The van der Waals surface area contributed by atoms with E-state index in [2.05, 4.69) is 20.5 Å². The lowest BCUT2D eigenvalue weighted by Gasteiger charge is -2.24. The van der Waals surface area contributed by atoms with Crippen LogP contribution in [0.25, 0.3) is 0 Å². The second-order valence-corrected chi connectivity index (χ2v) is 6.51. The quantitative estimate of drug-likeness (QED) is 0.293. The number of ether oxygens (including phenoxy) is 2. The first-order valence-electron chi connectivity index (χ1n) is 7.78. The van der Waals surface area contributed by atoms with E-state index in [1.807, 2.05) is 27.8 Å². The van der Waals surface area contributed by atoms with E-state index in [1.54, 1.807) is 7.05 Å². The van der Waals surface area contributed by atoms with E-state index in [1.165, 1.54) is 0 Å². The lowest BCUT2D eigenvalue weighted by molar-refractivity contribution is 0.0529. The van der Waals surface area contributed by atoms with Crippen LogP contribution in [0.4, 0.5) is 4.79 Å². The molecule has 1 aliphatic rings. The average Bonchev–Trinajstić information content (AvgIpc) is 2.89. The van der Waals surface area contributed by atoms with Crippen molar-refractivity contribution in [3.8, 4) is 0 Å². The second kappa shape index (κ2) is 10.9. The molecule has 0 aromatic carbocycles. The van der Waals surface area contributed by atoms with Gasteiger partial charge in [0, 0.05) is 46.3 Å². The largest absolute Gasteiger partial charge is 0.444 e. The molecule has 23 heavy (non-hydrogen) atoms. The maximum atomic E-state index is 11.5. The number of rotatable bonds is 5. The Hall–Kier alpha value is -0.770. The van der Waals surface area contributed by atoms with E-state index >= 15 is 0 Å². The molecule has 0 aromatic rings. The number of nitrogens with one attached hydrogen (secondary N) is 2. The van der Waals surface area contributed by atoms with Crippen molar-refractivity contribution in [3.63, 3.8) is 0 Å². The molecule has 7 nitrogen and oxygen atoms in total. The summed E-state index contributed by atoms with van der Waals surface area (Å²) in [7, 11) is 3.76. The van der Waals surface area contributed by atoms with Gasteiger partial charge in [-0.25, -0.2) is 4.79 Å². The standard InChI is InChI=1S/C15H30N4O3.HI/c1-15(2,3)22-14(20)18-8-7-17-13(16-4)19(5)10-12-6-9-21-11-12;/h12H,6-11H2,1-5H3,(H,16,17)(H,18,20);1H. The zero-order chi connectivity index (χ0) is 16.6. The molecule has 0 radical (unpaired) electrons. The Morgan fingerprint density at radius 2 is 2.00 bits per heavy atom. The smallest absolute Gasteiger partial charge is 0.407 e. The van der Waals surface area contributed by atoms with Crippen LogP contribution in [0.1, 0.15) is 27.2 Å². The zero-order valence-corrected chi connectivity index (χ0v) is 17.2. The van der Waals surface area contributed by atoms with Gasteiger partial charge in [-0.3, -0.25) is 4.99 Å². The van der Waals surface area contributed by atoms with Crippen molar-refractivity contribution >= 4 is 36.0 Å². The van der Waals surface area contributed by atoms with Crippen molar-refractivity contribution in [2.75, 3.05) is 46.9 Å². The Kier molecular flexibility index (Phi) is 10.5. The first-order valence-corrected chi connectivity index (χ1v) is 7.78. The van der Waals surface area contributed by atoms with Crippen LogP contribution in [0.3, 0.4) is 0 Å². The summed E-state index contributed by atoms with van der Waals surface area (Å²) in [5, 5.41) is 5.94. The Labute approximate surface area is 156 Å². The lowest BCUT2D eigenvalue weighted by atomic mass is 10.1. The van der Waals surface area contributed by atoms with Gasteiger partial charge in [-0.2, -0.15) is 0 Å². The van der Waals surface area contributed by atoms with Crippen LogP contribution >= 0.6 is 24.0 Å². The average molecular weight is 442 g/mol. The Morgan fingerprint density at radius 1 is 1.35 bits per heavy atom. The molecule has 0 bridgehead atoms. The van der Waals surface area contributed by atoms with Crippen LogP contribution in [-0.2, 0) is 9.47 Å². The zero-order valence-electron chi connectivity index (χ0n) is 14.8. The van der Waals surface area contributed by atoms with Crippen molar-refractivity contribution in [2.45, 2.75) is 32.8 Å². The van der Waals surface area contributed by atoms with Gasteiger partial charge in [0.1, 0.15) is 5.60 Å². The summed E-state index contributed by atoms with van der Waals surface area (Å²) in [4.78, 5) is 17.9. The molecule has 8 heteroatoms. The van der Waals surface area contributed by atoms with E-state index in [9.17, 15) is 4.79 Å². The third-order valence-corrected chi connectivity index (χ3v) is 3.21. The maximum absolute atomic E-state index is 11.5. The van der Waals surface area contributed by atoms with Crippen molar-refractivity contribution in [1.82, 2.24) is 15.5 Å². The summed E-state index contributed by atoms with van der Waals surface area (Å²) < 4.78 is 10.6. The summed E-state index contributed by atoms with van der Waals surface area (Å²) in [6.45, 7) is 9.19. The van der Waals surface area contributed by atoms with Crippen molar-refractivity contribution in [3.05, 3.63) is 0 Å². The first kappa shape index (κ1) is 22.2. The first-order chi connectivity index (χ1) is 10.3. The number of aliphatic imine (C=N–C) groups is 1. The minimum atomic E-state index is -0.475. The maximum Gasteiger partial charge on any atom is 0.407 e. The molecule has 1 amide bonds. The van der Waals surface area contributed by atoms with Gasteiger partial charge in [0.05, 0.1) is 6.61 Å². The molecular weight excluding hydrogens is 411 g/mol. The predicted molar refractivity (Wildman–Crippen MR) is 103 cm³/mol. The number of hydrogen-bond donors (Lipinski definition) is 2. The minimum absolute atomic E-state index is 0. The molecular formula is C15H31IN4O3. The molecule has 1 rings (SSSR count). The second-order valence-electron chi connectivity index (χ2n) is 6.51. The number of guanidine groups is 1. The van der Waals surface area contributed by atoms with Crippen LogP contribution in [0.2, 0.25) is 0 Å². The molecule has 136 valence electrons. The number of hydrogen-bond acceptors (Lipinski definition) is 4. The van der Waals surface area contributed by atoms with Gasteiger partial charge < -0.3 is 25.0 Å².